The van der Waals surface area contributed by atoms with Crippen LogP contribution in [-0.2, 0) is 38.0 Å². The molecule has 192 valence electrons. The number of ketones is 1. The van der Waals surface area contributed by atoms with E-state index in [1.807, 2.05) is 34.6 Å². The maximum atomic E-state index is 11.4. The van der Waals surface area contributed by atoms with E-state index < -0.39 is 0 Å². The highest BCUT2D eigenvalue weighted by atomic mass is 16.6. The topological polar surface area (TPSA) is 102 Å². The van der Waals surface area contributed by atoms with E-state index in [0.717, 1.165) is 0 Å². The van der Waals surface area contributed by atoms with Crippen molar-refractivity contribution < 1.29 is 38.0 Å². The molecule has 32 heavy (non-hydrogen) atoms. The third-order valence-corrected chi connectivity index (χ3v) is 3.89. The third-order valence-electron chi connectivity index (χ3n) is 3.89. The second kappa shape index (κ2) is 27.9. The molecule has 0 spiro atoms. The van der Waals surface area contributed by atoms with Gasteiger partial charge in [0.15, 0.2) is 0 Å². The molecule has 0 heterocycles. The minimum atomic E-state index is 0.0284. The van der Waals surface area contributed by atoms with Gasteiger partial charge in [0.05, 0.1) is 79.3 Å². The second-order valence-electron chi connectivity index (χ2n) is 6.75. The Bertz CT molecular complexity index is 407. The molecule has 0 unspecified atom stereocenters. The first-order valence-corrected chi connectivity index (χ1v) is 11.8. The molecule has 0 aromatic carbocycles. The van der Waals surface area contributed by atoms with Crippen molar-refractivity contribution in [1.29, 1.82) is 0 Å². The van der Waals surface area contributed by atoms with Gasteiger partial charge in [0.2, 0.25) is 5.91 Å². The zero-order chi connectivity index (χ0) is 24.3. The lowest BCUT2D eigenvalue weighted by Gasteiger charge is -2.08. The first kappa shape index (κ1) is 33.1. The van der Waals surface area contributed by atoms with Gasteiger partial charge in [0.1, 0.15) is 5.78 Å². The third kappa shape index (κ3) is 26.9. The maximum absolute atomic E-state index is 11.4. The molecule has 9 nitrogen and oxygen atoms in total. The predicted molar refractivity (Wildman–Crippen MR) is 124 cm³/mol. The molecule has 0 aromatic rings. The average Bonchev–Trinajstić information content (AvgIpc) is 2.80. The molecule has 0 aliphatic heterocycles. The molecule has 0 saturated carbocycles. The molecule has 0 fully saturated rings. The van der Waals surface area contributed by atoms with E-state index in [4.69, 9.17) is 28.4 Å². The summed E-state index contributed by atoms with van der Waals surface area (Å²) in [5.41, 5.74) is 0. The number of amides is 1. The number of rotatable bonds is 23. The number of hydrogen-bond acceptors (Lipinski definition) is 8. The van der Waals surface area contributed by atoms with Crippen molar-refractivity contribution in [2.45, 2.75) is 47.5 Å². The first-order chi connectivity index (χ1) is 15.6. The largest absolute Gasteiger partial charge is 0.379 e. The molecule has 0 aliphatic carbocycles. The maximum Gasteiger partial charge on any atom is 0.219 e. The van der Waals surface area contributed by atoms with Gasteiger partial charge in [0, 0.05) is 25.3 Å². The number of hydrogen-bond donors (Lipinski definition) is 1. The van der Waals surface area contributed by atoms with Crippen molar-refractivity contribution in [3.05, 3.63) is 0 Å². The Kier molecular flexibility index (Phi) is 28.9. The van der Waals surface area contributed by atoms with Gasteiger partial charge in [-0.25, -0.2) is 0 Å². The fourth-order valence-electron chi connectivity index (χ4n) is 2.05. The van der Waals surface area contributed by atoms with Crippen LogP contribution in [0.5, 0.6) is 0 Å². The zero-order valence-corrected chi connectivity index (χ0v) is 20.9. The Morgan fingerprint density at radius 3 is 1.31 bits per heavy atom. The summed E-state index contributed by atoms with van der Waals surface area (Å²) in [5, 5.41) is 2.74. The van der Waals surface area contributed by atoms with Crippen LogP contribution in [0.2, 0.25) is 0 Å². The van der Waals surface area contributed by atoms with Crippen LogP contribution in [0.25, 0.3) is 0 Å². The average molecular weight is 466 g/mol. The first-order valence-electron chi connectivity index (χ1n) is 11.8. The Hall–Kier alpha value is -1.10. The van der Waals surface area contributed by atoms with E-state index >= 15 is 0 Å². The SMILES string of the molecule is CC.CCC(=O)NCCOCCOCCOCCOCCOCCOCCC(=O)C(C)C. The zero-order valence-electron chi connectivity index (χ0n) is 20.9. The highest BCUT2D eigenvalue weighted by Crippen LogP contribution is 1.98. The van der Waals surface area contributed by atoms with Gasteiger partial charge in [-0.2, -0.15) is 0 Å². The van der Waals surface area contributed by atoms with Crippen LogP contribution in [0.15, 0.2) is 0 Å². The molecule has 0 aromatic heterocycles. The van der Waals surface area contributed by atoms with E-state index in [0.29, 0.717) is 98.7 Å². The number of carbonyl (C=O) groups excluding carboxylic acids is 2. The quantitative estimate of drug-likeness (QED) is 0.229. The molecule has 0 rings (SSSR count). The summed E-state index contributed by atoms with van der Waals surface area (Å²) in [6.45, 7) is 16.0. The number of carbonyl (C=O) groups is 2. The fraction of sp³-hybridized carbons (Fsp3) is 0.913. The smallest absolute Gasteiger partial charge is 0.219 e. The van der Waals surface area contributed by atoms with E-state index in [1.54, 1.807) is 0 Å². The normalized spacial score (nSPS) is 10.7. The van der Waals surface area contributed by atoms with E-state index in [9.17, 15) is 9.59 Å². The van der Waals surface area contributed by atoms with Crippen LogP contribution >= 0.6 is 0 Å². The summed E-state index contributed by atoms with van der Waals surface area (Å²) < 4.78 is 32.2. The lowest BCUT2D eigenvalue weighted by molar-refractivity contribution is -0.123. The Balaban J connectivity index is 0. The summed E-state index contributed by atoms with van der Waals surface area (Å²) in [6.07, 6.45) is 0.945. The monoisotopic (exact) mass is 465 g/mol. The number of nitrogens with one attached hydrogen (secondary N) is 1. The number of Topliss-reactive ketones (excluding diaryl/α,β-unsaturated/α-hetero) is 1. The van der Waals surface area contributed by atoms with E-state index in [1.165, 1.54) is 0 Å². The molecular formula is C23H47NO8. The highest BCUT2D eigenvalue weighted by molar-refractivity contribution is 5.80. The van der Waals surface area contributed by atoms with Gasteiger partial charge in [0.25, 0.3) is 0 Å². The van der Waals surface area contributed by atoms with Crippen LogP contribution < -0.4 is 5.32 Å². The number of ether oxygens (including phenoxy) is 6. The molecule has 0 saturated heterocycles. The lowest BCUT2D eigenvalue weighted by Crippen LogP contribution is -2.26. The minimum Gasteiger partial charge on any atom is -0.379 e. The Morgan fingerprint density at radius 1 is 0.625 bits per heavy atom. The van der Waals surface area contributed by atoms with Crippen LogP contribution in [0.1, 0.15) is 47.5 Å². The van der Waals surface area contributed by atoms with Crippen molar-refractivity contribution in [2.75, 3.05) is 85.8 Å². The standard InChI is InChI=1S/C21H41NO8.C2H6/c1-4-21(24)22-6-8-26-10-12-28-14-16-30-18-17-29-15-13-27-11-9-25-7-5-20(23)19(2)3;1-2/h19H,4-18H2,1-3H3,(H,22,24);1-2H3. The summed E-state index contributed by atoms with van der Waals surface area (Å²) in [4.78, 5) is 22.4. The fourth-order valence-corrected chi connectivity index (χ4v) is 2.05. The van der Waals surface area contributed by atoms with Crippen LogP contribution in [0, 0.1) is 5.92 Å². The summed E-state index contributed by atoms with van der Waals surface area (Å²) >= 11 is 0. The van der Waals surface area contributed by atoms with E-state index in [-0.39, 0.29) is 17.6 Å². The molecule has 0 atom stereocenters. The van der Waals surface area contributed by atoms with E-state index in [2.05, 4.69) is 5.32 Å². The lowest BCUT2D eigenvalue weighted by atomic mass is 10.1. The Labute approximate surface area is 194 Å². The molecule has 0 bridgehead atoms. The van der Waals surface area contributed by atoms with Crippen molar-refractivity contribution in [1.82, 2.24) is 5.32 Å². The Morgan fingerprint density at radius 2 is 0.969 bits per heavy atom. The van der Waals surface area contributed by atoms with Gasteiger partial charge >= 0.3 is 0 Å². The molecule has 9 heteroatoms. The molecule has 1 N–H and O–H groups in total. The van der Waals surface area contributed by atoms with Crippen LogP contribution in [0.3, 0.4) is 0 Å². The van der Waals surface area contributed by atoms with Gasteiger partial charge < -0.3 is 33.7 Å². The van der Waals surface area contributed by atoms with Crippen molar-refractivity contribution in [3.8, 4) is 0 Å². The molecule has 0 radical (unpaired) electrons. The summed E-state index contributed by atoms with van der Waals surface area (Å²) in [7, 11) is 0. The molecule has 1 amide bonds. The van der Waals surface area contributed by atoms with Crippen molar-refractivity contribution in [2.24, 2.45) is 5.92 Å². The summed E-state index contributed by atoms with van der Waals surface area (Å²) in [5.74, 6) is 0.314. The van der Waals surface area contributed by atoms with Gasteiger partial charge in [-0.05, 0) is 0 Å². The van der Waals surface area contributed by atoms with Gasteiger partial charge in [-0.3, -0.25) is 9.59 Å². The minimum absolute atomic E-state index is 0.0284. The summed E-state index contributed by atoms with van der Waals surface area (Å²) in [6, 6.07) is 0. The molecular weight excluding hydrogens is 418 g/mol. The highest BCUT2D eigenvalue weighted by Gasteiger charge is 2.06. The van der Waals surface area contributed by atoms with Crippen molar-refractivity contribution >= 4 is 11.7 Å². The predicted octanol–water partition coefficient (Wildman–Crippen LogP) is 2.25. The van der Waals surface area contributed by atoms with Crippen LogP contribution in [-0.4, -0.2) is 97.5 Å². The van der Waals surface area contributed by atoms with Gasteiger partial charge in [-0.1, -0.05) is 34.6 Å². The van der Waals surface area contributed by atoms with Crippen LogP contribution in [0.4, 0.5) is 0 Å². The van der Waals surface area contributed by atoms with Gasteiger partial charge in [-0.15, -0.1) is 0 Å². The van der Waals surface area contributed by atoms with Crippen molar-refractivity contribution in [3.63, 3.8) is 0 Å². The molecule has 0 aliphatic rings. The second-order valence-corrected chi connectivity index (χ2v) is 6.75.